The van der Waals surface area contributed by atoms with Gasteiger partial charge < -0.3 is 5.11 Å². The number of nitro benzene ring substituents is 1. The van der Waals surface area contributed by atoms with Crippen LogP contribution in [0, 0.1) is 10.1 Å². The first-order valence-corrected chi connectivity index (χ1v) is 7.21. The maximum atomic E-state index is 11.9. The lowest BCUT2D eigenvalue weighted by Crippen LogP contribution is -2.22. The van der Waals surface area contributed by atoms with Gasteiger partial charge in [-0.3, -0.25) is 19.8 Å². The van der Waals surface area contributed by atoms with E-state index in [1.165, 1.54) is 23.1 Å². The lowest BCUT2D eigenvalue weighted by atomic mass is 10.1. The zero-order chi connectivity index (χ0) is 15.0. The maximum absolute atomic E-state index is 11.9. The molecule has 6 nitrogen and oxygen atoms in total. The van der Waals surface area contributed by atoms with Crippen molar-refractivity contribution in [3.63, 3.8) is 0 Å². The average molecular weight is 375 g/mol. The van der Waals surface area contributed by atoms with Crippen molar-refractivity contribution >= 4 is 61.9 Å². The number of hydrogen-bond acceptors (Lipinski definition) is 6. The van der Waals surface area contributed by atoms with Gasteiger partial charge in [-0.2, -0.15) is 0 Å². The molecule has 1 aliphatic heterocycles. The van der Waals surface area contributed by atoms with E-state index in [0.717, 1.165) is 11.8 Å². The minimum Gasteiger partial charge on any atom is -0.502 e. The third-order valence-electron chi connectivity index (χ3n) is 2.55. The SMILES string of the molecule is CN1C(=O)C(=Cc2cc(Br)cc([N+](=O)[O-])c2O)SC1=S. The van der Waals surface area contributed by atoms with Gasteiger partial charge in [0.25, 0.3) is 5.91 Å². The molecular weight excluding hydrogens is 368 g/mol. The Morgan fingerprint density at radius 3 is 2.70 bits per heavy atom. The number of carbonyl (C=O) groups is 1. The van der Waals surface area contributed by atoms with Gasteiger partial charge in [0.1, 0.15) is 4.32 Å². The van der Waals surface area contributed by atoms with Crippen LogP contribution in [0.15, 0.2) is 21.5 Å². The number of nitrogens with zero attached hydrogens (tertiary/aromatic N) is 2. The van der Waals surface area contributed by atoms with Crippen molar-refractivity contribution in [1.82, 2.24) is 4.90 Å². The first-order valence-electron chi connectivity index (χ1n) is 5.19. The van der Waals surface area contributed by atoms with Crippen LogP contribution in [0.4, 0.5) is 5.69 Å². The van der Waals surface area contributed by atoms with Gasteiger partial charge in [0.05, 0.1) is 9.83 Å². The highest BCUT2D eigenvalue weighted by Crippen LogP contribution is 2.38. The van der Waals surface area contributed by atoms with Crippen molar-refractivity contribution in [3.8, 4) is 5.75 Å². The molecule has 104 valence electrons. The predicted octanol–water partition coefficient (Wildman–Crippen LogP) is 2.89. The summed E-state index contributed by atoms with van der Waals surface area (Å²) < 4.78 is 0.825. The zero-order valence-corrected chi connectivity index (χ0v) is 13.2. The summed E-state index contributed by atoms with van der Waals surface area (Å²) in [7, 11) is 1.54. The van der Waals surface area contributed by atoms with Crippen LogP contribution in [-0.4, -0.2) is 32.2 Å². The van der Waals surface area contributed by atoms with Gasteiger partial charge in [0.15, 0.2) is 0 Å². The molecule has 0 bridgehead atoms. The van der Waals surface area contributed by atoms with Crippen molar-refractivity contribution < 1.29 is 14.8 Å². The molecule has 9 heteroatoms. The fraction of sp³-hybridized carbons (Fsp3) is 0.0909. The van der Waals surface area contributed by atoms with E-state index in [2.05, 4.69) is 15.9 Å². The lowest BCUT2D eigenvalue weighted by Gasteiger charge is -2.04. The van der Waals surface area contributed by atoms with E-state index >= 15 is 0 Å². The van der Waals surface area contributed by atoms with Crippen molar-refractivity contribution in [2.45, 2.75) is 0 Å². The number of thiocarbonyl (C=S) groups is 1. The first kappa shape index (κ1) is 14.9. The van der Waals surface area contributed by atoms with Crippen molar-refractivity contribution in [2.24, 2.45) is 0 Å². The molecular formula is C11H7BrN2O4S2. The number of halogens is 1. The normalized spacial score (nSPS) is 17.1. The average Bonchev–Trinajstić information content (AvgIpc) is 2.61. The Labute approximate surface area is 131 Å². The van der Waals surface area contributed by atoms with Crippen LogP contribution in [0.5, 0.6) is 5.75 Å². The highest BCUT2D eigenvalue weighted by atomic mass is 79.9. The number of nitro groups is 1. The second-order valence-electron chi connectivity index (χ2n) is 3.86. The minimum atomic E-state index is -0.692. The third-order valence-corrected chi connectivity index (χ3v) is 4.50. The Morgan fingerprint density at radius 2 is 2.20 bits per heavy atom. The topological polar surface area (TPSA) is 83.7 Å². The van der Waals surface area contributed by atoms with Crippen LogP contribution < -0.4 is 0 Å². The molecule has 0 unspecified atom stereocenters. The number of phenolic OH excluding ortho intramolecular Hbond substituents is 1. The molecule has 0 saturated carbocycles. The fourth-order valence-electron chi connectivity index (χ4n) is 1.54. The molecule has 1 saturated heterocycles. The van der Waals surface area contributed by atoms with Gasteiger partial charge in [0.2, 0.25) is 5.75 Å². The van der Waals surface area contributed by atoms with Crippen molar-refractivity contribution in [2.75, 3.05) is 7.05 Å². The maximum Gasteiger partial charge on any atom is 0.312 e. The number of amides is 1. The van der Waals surface area contributed by atoms with Crippen molar-refractivity contribution in [1.29, 1.82) is 0 Å². The molecule has 1 aromatic rings. The number of carbonyl (C=O) groups excluding carboxylic acids is 1. The summed E-state index contributed by atoms with van der Waals surface area (Å²) in [6.07, 6.45) is 1.38. The second-order valence-corrected chi connectivity index (χ2v) is 6.45. The molecule has 1 N–H and O–H groups in total. The molecule has 0 atom stereocenters. The molecule has 1 heterocycles. The van der Waals surface area contributed by atoms with Gasteiger partial charge in [-0.15, -0.1) is 0 Å². The quantitative estimate of drug-likeness (QED) is 0.370. The number of hydrogen-bond donors (Lipinski definition) is 1. The lowest BCUT2D eigenvalue weighted by molar-refractivity contribution is -0.385. The largest absolute Gasteiger partial charge is 0.502 e. The van der Waals surface area contributed by atoms with Gasteiger partial charge in [-0.25, -0.2) is 0 Å². The first-order chi connectivity index (χ1) is 9.31. The Balaban J connectivity index is 2.52. The number of phenols is 1. The van der Waals surface area contributed by atoms with E-state index in [9.17, 15) is 20.0 Å². The van der Waals surface area contributed by atoms with Gasteiger partial charge >= 0.3 is 5.69 Å². The fourth-order valence-corrected chi connectivity index (χ4v) is 3.18. The van der Waals surface area contributed by atoms with E-state index in [-0.39, 0.29) is 11.5 Å². The summed E-state index contributed by atoms with van der Waals surface area (Å²) in [4.78, 5) is 23.6. The minimum absolute atomic E-state index is 0.181. The number of likely N-dealkylation sites (N-methyl/N-ethyl adjacent to an activating group) is 1. The third kappa shape index (κ3) is 2.69. The van der Waals surface area contributed by atoms with Crippen LogP contribution in [0.25, 0.3) is 6.08 Å². The van der Waals surface area contributed by atoms with E-state index in [0.29, 0.717) is 13.7 Å². The standard InChI is InChI=1S/C11H7BrN2O4S2/c1-13-10(16)8(20-11(13)19)3-5-2-6(12)4-7(9(5)15)14(17)18/h2-4,15H,1H3. The van der Waals surface area contributed by atoms with E-state index in [4.69, 9.17) is 12.2 Å². The molecule has 0 spiro atoms. The van der Waals surface area contributed by atoms with Crippen LogP contribution in [0.2, 0.25) is 0 Å². The summed E-state index contributed by atoms with van der Waals surface area (Å²) >= 11 is 9.19. The highest BCUT2D eigenvalue weighted by molar-refractivity contribution is 9.10. The molecule has 1 amide bonds. The number of thioether (sulfide) groups is 1. The van der Waals surface area contributed by atoms with Gasteiger partial charge in [0, 0.05) is 23.2 Å². The summed E-state index contributed by atoms with van der Waals surface area (Å²) in [5, 5.41) is 20.7. The number of rotatable bonds is 2. The molecule has 0 aromatic heterocycles. The molecule has 1 aromatic carbocycles. The molecule has 1 fully saturated rings. The zero-order valence-electron chi connectivity index (χ0n) is 9.99. The Bertz CT molecular complexity index is 675. The highest BCUT2D eigenvalue weighted by Gasteiger charge is 2.29. The molecule has 0 radical (unpaired) electrons. The van der Waals surface area contributed by atoms with E-state index < -0.39 is 16.4 Å². The van der Waals surface area contributed by atoms with Crippen LogP contribution in [0.3, 0.4) is 0 Å². The van der Waals surface area contributed by atoms with Crippen molar-refractivity contribution in [3.05, 3.63) is 37.2 Å². The summed E-state index contributed by atoms with van der Waals surface area (Å²) in [6.45, 7) is 0. The Kier molecular flexibility index (Phi) is 4.11. The van der Waals surface area contributed by atoms with E-state index in [1.807, 2.05) is 0 Å². The number of benzene rings is 1. The molecule has 20 heavy (non-hydrogen) atoms. The molecule has 2 rings (SSSR count). The van der Waals surface area contributed by atoms with E-state index in [1.54, 1.807) is 7.05 Å². The van der Waals surface area contributed by atoms with Crippen LogP contribution in [-0.2, 0) is 4.79 Å². The van der Waals surface area contributed by atoms with Gasteiger partial charge in [-0.1, -0.05) is 39.9 Å². The number of aromatic hydroxyl groups is 1. The molecule has 0 aliphatic carbocycles. The summed E-state index contributed by atoms with van der Waals surface area (Å²) in [5.74, 6) is -0.790. The van der Waals surface area contributed by atoms with Crippen LogP contribution >= 0.6 is 39.9 Å². The summed E-state index contributed by atoms with van der Waals surface area (Å²) in [6, 6.07) is 2.68. The molecule has 1 aliphatic rings. The second kappa shape index (κ2) is 5.51. The Hall–Kier alpha value is -1.45. The Morgan fingerprint density at radius 1 is 1.55 bits per heavy atom. The van der Waals surface area contributed by atoms with Crippen LogP contribution in [0.1, 0.15) is 5.56 Å². The monoisotopic (exact) mass is 374 g/mol. The summed E-state index contributed by atoms with van der Waals surface area (Å²) in [5.41, 5.74) is -0.252. The predicted molar refractivity (Wildman–Crippen MR) is 83.4 cm³/mol. The van der Waals surface area contributed by atoms with Gasteiger partial charge in [-0.05, 0) is 12.1 Å². The smallest absolute Gasteiger partial charge is 0.312 e.